The number of nitrogens with zero attached hydrogens (tertiary/aromatic N) is 2. The van der Waals surface area contributed by atoms with E-state index in [1.807, 2.05) is 42.5 Å². The van der Waals surface area contributed by atoms with E-state index in [1.54, 1.807) is 18.1 Å². The Balaban J connectivity index is 1.86. The molecule has 0 saturated carbocycles. The third-order valence-electron chi connectivity index (χ3n) is 4.10. The van der Waals surface area contributed by atoms with E-state index in [4.69, 9.17) is 4.74 Å². The van der Waals surface area contributed by atoms with Gasteiger partial charge < -0.3 is 4.74 Å². The van der Waals surface area contributed by atoms with Crippen LogP contribution in [-0.2, 0) is 4.74 Å². The molecule has 3 nitrogen and oxygen atoms in total. The quantitative estimate of drug-likeness (QED) is 0.605. The predicted octanol–water partition coefficient (Wildman–Crippen LogP) is 5.22. The van der Waals surface area contributed by atoms with Gasteiger partial charge in [0.2, 0.25) is 6.23 Å². The molecular formula is C21H18N2OS. The highest BCUT2D eigenvalue weighted by Gasteiger charge is 2.36. The number of pyridine rings is 1. The Morgan fingerprint density at radius 1 is 0.840 bits per heavy atom. The predicted molar refractivity (Wildman–Crippen MR) is 103 cm³/mol. The summed E-state index contributed by atoms with van der Waals surface area (Å²) in [6, 6.07) is 26.5. The lowest BCUT2D eigenvalue weighted by Gasteiger charge is -2.24. The second-order valence-corrected chi connectivity index (χ2v) is 6.40. The van der Waals surface area contributed by atoms with Crippen molar-refractivity contribution in [2.45, 2.75) is 6.23 Å². The number of hydrogen-bond donors (Lipinski definition) is 0. The van der Waals surface area contributed by atoms with E-state index < -0.39 is 0 Å². The van der Waals surface area contributed by atoms with Crippen LogP contribution in [0, 0.1) is 0 Å². The molecule has 4 heteroatoms. The molecular weight excluding hydrogens is 328 g/mol. The van der Waals surface area contributed by atoms with Crippen LogP contribution in [0.4, 0.5) is 0 Å². The van der Waals surface area contributed by atoms with Crippen molar-refractivity contribution in [2.24, 2.45) is 0 Å². The minimum absolute atomic E-state index is 0.249. The zero-order chi connectivity index (χ0) is 17.1. The molecule has 0 amide bonds. The Hall–Kier alpha value is -2.72. The van der Waals surface area contributed by atoms with Crippen LogP contribution >= 0.6 is 11.9 Å². The lowest BCUT2D eigenvalue weighted by molar-refractivity contribution is 0.123. The van der Waals surface area contributed by atoms with E-state index >= 15 is 0 Å². The SMILES string of the molecule is CSN1C(c2ccccc2)=C(c2ccccc2)OC1c1ccccn1. The molecule has 4 rings (SSSR count). The fourth-order valence-corrected chi connectivity index (χ4v) is 3.68. The third-order valence-corrected chi connectivity index (χ3v) is 4.87. The summed E-state index contributed by atoms with van der Waals surface area (Å²) in [7, 11) is 0. The van der Waals surface area contributed by atoms with Gasteiger partial charge in [0.1, 0.15) is 11.4 Å². The van der Waals surface area contributed by atoms with Crippen LogP contribution in [0.25, 0.3) is 11.5 Å². The third kappa shape index (κ3) is 3.01. The summed E-state index contributed by atoms with van der Waals surface area (Å²) in [6.07, 6.45) is 3.62. The summed E-state index contributed by atoms with van der Waals surface area (Å²) in [5, 5.41) is 0. The largest absolute Gasteiger partial charge is 0.461 e. The van der Waals surface area contributed by atoms with Crippen LogP contribution in [-0.4, -0.2) is 15.5 Å². The molecule has 25 heavy (non-hydrogen) atoms. The van der Waals surface area contributed by atoms with Gasteiger partial charge in [0.25, 0.3) is 0 Å². The van der Waals surface area contributed by atoms with Gasteiger partial charge in [-0.2, -0.15) is 0 Å². The average Bonchev–Trinajstić information content (AvgIpc) is 3.09. The highest BCUT2D eigenvalue weighted by molar-refractivity contribution is 7.96. The topological polar surface area (TPSA) is 25.4 Å². The molecule has 3 aromatic rings. The molecule has 0 aliphatic carbocycles. The summed E-state index contributed by atoms with van der Waals surface area (Å²) in [6.45, 7) is 0. The maximum Gasteiger partial charge on any atom is 0.225 e. The number of rotatable bonds is 4. The van der Waals surface area contributed by atoms with Crippen LogP contribution in [0.15, 0.2) is 85.1 Å². The maximum absolute atomic E-state index is 6.43. The fourth-order valence-electron chi connectivity index (χ4n) is 2.97. The Morgan fingerprint density at radius 3 is 2.08 bits per heavy atom. The molecule has 0 spiro atoms. The molecule has 1 aliphatic rings. The van der Waals surface area contributed by atoms with Crippen molar-refractivity contribution < 1.29 is 4.74 Å². The first-order valence-corrected chi connectivity index (χ1v) is 9.32. The van der Waals surface area contributed by atoms with Crippen molar-refractivity contribution in [3.63, 3.8) is 0 Å². The van der Waals surface area contributed by atoms with E-state index in [0.29, 0.717) is 0 Å². The van der Waals surface area contributed by atoms with E-state index in [9.17, 15) is 0 Å². The van der Waals surface area contributed by atoms with Gasteiger partial charge in [-0.25, -0.2) is 0 Å². The Bertz CT molecular complexity index is 866. The van der Waals surface area contributed by atoms with Gasteiger partial charge >= 0.3 is 0 Å². The van der Waals surface area contributed by atoms with Crippen LogP contribution in [0.2, 0.25) is 0 Å². The average molecular weight is 346 g/mol. The van der Waals surface area contributed by atoms with Gasteiger partial charge in [-0.3, -0.25) is 9.29 Å². The summed E-state index contributed by atoms with van der Waals surface area (Å²) in [5.74, 6) is 0.886. The first kappa shape index (κ1) is 15.8. The van der Waals surface area contributed by atoms with E-state index in [-0.39, 0.29) is 6.23 Å². The molecule has 1 aliphatic heterocycles. The molecule has 2 aromatic carbocycles. The molecule has 1 atom stereocenters. The first-order chi connectivity index (χ1) is 12.4. The molecule has 2 heterocycles. The van der Waals surface area contributed by atoms with Gasteiger partial charge in [0, 0.05) is 23.6 Å². The van der Waals surface area contributed by atoms with Gasteiger partial charge in [0.05, 0.1) is 0 Å². The summed E-state index contributed by atoms with van der Waals surface area (Å²) >= 11 is 1.65. The first-order valence-electron chi connectivity index (χ1n) is 8.14. The van der Waals surface area contributed by atoms with Crippen LogP contribution in [0.3, 0.4) is 0 Å². The van der Waals surface area contributed by atoms with Gasteiger partial charge in [0.15, 0.2) is 5.76 Å². The van der Waals surface area contributed by atoms with Gasteiger partial charge in [-0.15, -0.1) is 0 Å². The Morgan fingerprint density at radius 2 is 1.48 bits per heavy atom. The number of hydrogen-bond acceptors (Lipinski definition) is 4. The minimum Gasteiger partial charge on any atom is -0.461 e. The monoisotopic (exact) mass is 346 g/mol. The molecule has 1 aromatic heterocycles. The van der Waals surface area contributed by atoms with Crippen molar-refractivity contribution in [1.29, 1.82) is 0 Å². The zero-order valence-electron chi connectivity index (χ0n) is 13.9. The van der Waals surface area contributed by atoms with E-state index in [0.717, 1.165) is 28.3 Å². The maximum atomic E-state index is 6.43. The molecule has 0 bridgehead atoms. The van der Waals surface area contributed by atoms with Crippen LogP contribution < -0.4 is 0 Å². The number of ether oxygens (including phenoxy) is 1. The van der Waals surface area contributed by atoms with E-state index in [1.165, 1.54) is 0 Å². The molecule has 1 unspecified atom stereocenters. The minimum atomic E-state index is -0.249. The van der Waals surface area contributed by atoms with Gasteiger partial charge in [-0.1, -0.05) is 66.7 Å². The van der Waals surface area contributed by atoms with Crippen molar-refractivity contribution in [3.05, 3.63) is 102 Å². The molecule has 0 saturated heterocycles. The Labute approximate surface area is 152 Å². The summed E-state index contributed by atoms with van der Waals surface area (Å²) in [4.78, 5) is 4.51. The standard InChI is InChI=1S/C21H18N2OS/c1-25-23-19(16-10-4-2-5-11-16)20(17-12-6-3-7-13-17)24-21(23)18-14-8-9-15-22-18/h2-15,21H,1H3. The smallest absolute Gasteiger partial charge is 0.225 e. The van der Waals surface area contributed by atoms with Gasteiger partial charge in [-0.05, 0) is 24.1 Å². The number of benzene rings is 2. The lowest BCUT2D eigenvalue weighted by Crippen LogP contribution is -2.17. The lowest BCUT2D eigenvalue weighted by atomic mass is 10.1. The van der Waals surface area contributed by atoms with E-state index in [2.05, 4.69) is 51.9 Å². The fraction of sp³-hybridized carbons (Fsp3) is 0.0952. The summed E-state index contributed by atoms with van der Waals surface area (Å²) < 4.78 is 8.62. The van der Waals surface area contributed by atoms with Crippen LogP contribution in [0.5, 0.6) is 0 Å². The molecule has 0 radical (unpaired) electrons. The second kappa shape index (κ2) is 7.03. The van der Waals surface area contributed by atoms with Crippen molar-refractivity contribution in [3.8, 4) is 0 Å². The summed E-state index contributed by atoms with van der Waals surface area (Å²) in [5.41, 5.74) is 4.18. The Kier molecular flexibility index (Phi) is 4.44. The van der Waals surface area contributed by atoms with Crippen molar-refractivity contribution in [1.82, 2.24) is 9.29 Å². The van der Waals surface area contributed by atoms with Crippen LogP contribution in [0.1, 0.15) is 23.0 Å². The molecule has 0 fully saturated rings. The molecule has 124 valence electrons. The highest BCUT2D eigenvalue weighted by atomic mass is 32.2. The highest BCUT2D eigenvalue weighted by Crippen LogP contribution is 2.47. The molecule has 0 N–H and O–H groups in total. The van der Waals surface area contributed by atoms with Crippen molar-refractivity contribution in [2.75, 3.05) is 6.26 Å². The normalized spacial score (nSPS) is 16.8. The van der Waals surface area contributed by atoms with Crippen molar-refractivity contribution >= 4 is 23.4 Å². The number of aromatic nitrogens is 1. The zero-order valence-corrected chi connectivity index (χ0v) is 14.7. The second-order valence-electron chi connectivity index (χ2n) is 5.64.